The Balaban J connectivity index is 1.96. The minimum absolute atomic E-state index is 0.424. The molecule has 0 spiro atoms. The number of hydrogen-bond acceptors (Lipinski definition) is 0. The second-order valence-corrected chi connectivity index (χ2v) is 8.79. The summed E-state index contributed by atoms with van der Waals surface area (Å²) in [4.78, 5) is 0. The van der Waals surface area contributed by atoms with Crippen LogP contribution in [0.3, 0.4) is 0 Å². The second-order valence-electron chi connectivity index (χ2n) is 4.21. The molecule has 0 radical (unpaired) electrons. The summed E-state index contributed by atoms with van der Waals surface area (Å²) in [5.41, 5.74) is 0. The molecule has 0 unspecified atom stereocenters. The SMILES string of the molecule is CCCCCCC[CH2][In]=[N+]1C=CC=CC1. The first kappa shape index (κ1) is 13.2. The zero-order chi connectivity index (χ0) is 10.8. The van der Waals surface area contributed by atoms with Gasteiger partial charge in [0, 0.05) is 0 Å². The van der Waals surface area contributed by atoms with E-state index < -0.39 is 22.7 Å². The molecule has 0 saturated heterocycles. The van der Waals surface area contributed by atoms with Crippen LogP contribution in [0.25, 0.3) is 0 Å². The van der Waals surface area contributed by atoms with Gasteiger partial charge in [-0.25, -0.2) is 0 Å². The van der Waals surface area contributed by atoms with Crippen molar-refractivity contribution in [2.75, 3.05) is 6.54 Å². The van der Waals surface area contributed by atoms with E-state index in [1.807, 2.05) is 0 Å². The molecular weight excluding hydrogens is 285 g/mol. The molecule has 1 aliphatic rings. The van der Waals surface area contributed by atoms with Gasteiger partial charge in [-0.2, -0.15) is 0 Å². The molecular formula is C13H23InN+. The quantitative estimate of drug-likeness (QED) is 0.630. The summed E-state index contributed by atoms with van der Waals surface area (Å²) in [5.74, 6) is 0. The average molecular weight is 308 g/mol. The van der Waals surface area contributed by atoms with Gasteiger partial charge in [0.1, 0.15) is 0 Å². The van der Waals surface area contributed by atoms with E-state index in [9.17, 15) is 0 Å². The fourth-order valence-electron chi connectivity index (χ4n) is 1.80. The second kappa shape index (κ2) is 9.38. The molecule has 1 heterocycles. The predicted molar refractivity (Wildman–Crippen MR) is 67.3 cm³/mol. The summed E-state index contributed by atoms with van der Waals surface area (Å²) >= 11 is -0.424. The van der Waals surface area contributed by atoms with Crippen molar-refractivity contribution in [2.24, 2.45) is 0 Å². The third kappa shape index (κ3) is 7.10. The van der Waals surface area contributed by atoms with Crippen molar-refractivity contribution in [1.82, 2.24) is 0 Å². The molecule has 0 bridgehead atoms. The summed E-state index contributed by atoms with van der Waals surface area (Å²) in [6.07, 6.45) is 17.6. The van der Waals surface area contributed by atoms with E-state index in [1.165, 1.54) is 45.1 Å². The van der Waals surface area contributed by atoms with Crippen LogP contribution in [0.4, 0.5) is 0 Å². The Morgan fingerprint density at radius 1 is 1.07 bits per heavy atom. The van der Waals surface area contributed by atoms with Crippen molar-refractivity contribution in [1.29, 1.82) is 0 Å². The van der Waals surface area contributed by atoms with Crippen molar-refractivity contribution in [3.63, 3.8) is 0 Å². The number of hydrogen-bond donors (Lipinski definition) is 0. The summed E-state index contributed by atoms with van der Waals surface area (Å²) in [5, 5.41) is 0. The van der Waals surface area contributed by atoms with Gasteiger partial charge in [-0.05, 0) is 0 Å². The van der Waals surface area contributed by atoms with Gasteiger partial charge in [0.15, 0.2) is 0 Å². The molecule has 0 aliphatic carbocycles. The number of rotatable bonds is 7. The van der Waals surface area contributed by atoms with Crippen LogP contribution in [-0.4, -0.2) is 31.8 Å². The van der Waals surface area contributed by atoms with E-state index in [0.717, 1.165) is 0 Å². The molecule has 0 aromatic carbocycles. The topological polar surface area (TPSA) is 3.01 Å². The fourth-order valence-corrected chi connectivity index (χ4v) is 5.49. The Morgan fingerprint density at radius 2 is 1.87 bits per heavy atom. The van der Waals surface area contributed by atoms with Gasteiger partial charge in [0.05, 0.1) is 0 Å². The fraction of sp³-hybridized carbons (Fsp3) is 0.692. The molecule has 0 amide bonds. The van der Waals surface area contributed by atoms with Crippen molar-refractivity contribution in [2.45, 2.75) is 49.6 Å². The van der Waals surface area contributed by atoms with Crippen molar-refractivity contribution in [3.8, 4) is 0 Å². The first-order valence-corrected chi connectivity index (χ1v) is 10.2. The van der Waals surface area contributed by atoms with Gasteiger partial charge in [0.2, 0.25) is 0 Å². The third-order valence-corrected chi connectivity index (χ3v) is 7.10. The molecule has 0 atom stereocenters. The Kier molecular flexibility index (Phi) is 8.27. The molecule has 0 aromatic rings. The molecule has 0 fully saturated rings. The molecule has 15 heavy (non-hydrogen) atoms. The maximum absolute atomic E-state index is 2.58. The Hall–Kier alpha value is 0.150. The van der Waals surface area contributed by atoms with Gasteiger partial charge in [-0.15, -0.1) is 0 Å². The van der Waals surface area contributed by atoms with Gasteiger partial charge < -0.3 is 0 Å². The van der Waals surface area contributed by atoms with Gasteiger partial charge in [-0.1, -0.05) is 0 Å². The monoisotopic (exact) mass is 308 g/mol. The van der Waals surface area contributed by atoms with E-state index in [2.05, 4.69) is 33.9 Å². The van der Waals surface area contributed by atoms with Crippen molar-refractivity contribution >= 4 is 22.7 Å². The summed E-state index contributed by atoms with van der Waals surface area (Å²) < 4.78 is 4.13. The normalized spacial score (nSPS) is 17.0. The van der Waals surface area contributed by atoms with Crippen LogP contribution in [0.2, 0.25) is 4.18 Å². The van der Waals surface area contributed by atoms with Crippen LogP contribution in [0, 0.1) is 0 Å². The van der Waals surface area contributed by atoms with E-state index in [1.54, 1.807) is 4.18 Å². The van der Waals surface area contributed by atoms with Crippen LogP contribution in [0.1, 0.15) is 45.4 Å². The van der Waals surface area contributed by atoms with Crippen LogP contribution in [-0.2, 0) is 0 Å². The average Bonchev–Trinajstić information content (AvgIpc) is 2.29. The maximum atomic E-state index is 2.58. The summed E-state index contributed by atoms with van der Waals surface area (Å²) in [7, 11) is 0. The molecule has 1 aliphatic heterocycles. The zero-order valence-corrected chi connectivity index (χ0v) is 13.3. The molecule has 0 saturated carbocycles. The number of allylic oxidation sites excluding steroid dienone is 2. The molecule has 2 heteroatoms. The summed E-state index contributed by atoms with van der Waals surface area (Å²) in [6.45, 7) is 3.47. The molecule has 0 aromatic heterocycles. The third-order valence-electron chi connectivity index (χ3n) is 2.76. The molecule has 82 valence electrons. The Bertz CT molecular complexity index is 241. The van der Waals surface area contributed by atoms with Crippen molar-refractivity contribution in [3.05, 3.63) is 24.4 Å². The zero-order valence-electron chi connectivity index (χ0n) is 9.99. The standard InChI is InChI=1S/C8H17.C5H6N.In/c1-3-5-7-8-6-4-2;1-2-4-6-5-3-1;/h1,3-8H2,2H3;1-4H,5H2;/q;-1;+2. The minimum atomic E-state index is -0.424. The van der Waals surface area contributed by atoms with E-state index >= 15 is 0 Å². The number of unbranched alkanes of at least 4 members (excludes halogenated alkanes) is 5. The van der Waals surface area contributed by atoms with E-state index in [-0.39, 0.29) is 0 Å². The number of nitrogens with zero attached hydrogens (tertiary/aromatic N) is 1. The Labute approximate surface area is 106 Å². The summed E-state index contributed by atoms with van der Waals surface area (Å²) in [6, 6.07) is 0. The molecule has 0 N–H and O–H groups in total. The van der Waals surface area contributed by atoms with Gasteiger partial charge in [0.25, 0.3) is 0 Å². The van der Waals surface area contributed by atoms with Crippen molar-refractivity contribution < 1.29 is 2.50 Å². The van der Waals surface area contributed by atoms with Gasteiger partial charge in [-0.3, -0.25) is 0 Å². The van der Waals surface area contributed by atoms with E-state index in [0.29, 0.717) is 0 Å². The molecule has 1 nitrogen and oxygen atoms in total. The predicted octanol–water partition coefficient (Wildman–Crippen LogP) is 3.75. The van der Waals surface area contributed by atoms with Crippen LogP contribution < -0.4 is 0 Å². The molecule has 1 rings (SSSR count). The first-order valence-electron chi connectivity index (χ1n) is 6.36. The van der Waals surface area contributed by atoms with Crippen LogP contribution in [0.15, 0.2) is 24.4 Å². The first-order chi connectivity index (χ1) is 7.43. The van der Waals surface area contributed by atoms with Gasteiger partial charge >= 0.3 is 106 Å². The van der Waals surface area contributed by atoms with Crippen LogP contribution >= 0.6 is 0 Å². The van der Waals surface area contributed by atoms with E-state index in [4.69, 9.17) is 0 Å². The van der Waals surface area contributed by atoms with Crippen LogP contribution in [0.5, 0.6) is 0 Å². The Morgan fingerprint density at radius 3 is 2.60 bits per heavy atom.